The largest absolute Gasteiger partial charge is 0.496 e. The van der Waals surface area contributed by atoms with Crippen molar-refractivity contribution in [1.82, 2.24) is 5.32 Å². The Morgan fingerprint density at radius 2 is 1.67 bits per heavy atom. The van der Waals surface area contributed by atoms with Gasteiger partial charge in [0.1, 0.15) is 5.75 Å². The van der Waals surface area contributed by atoms with Crippen LogP contribution in [0.2, 0.25) is 0 Å². The fourth-order valence-electron chi connectivity index (χ4n) is 2.37. The molecule has 2 aromatic carbocycles. The zero-order chi connectivity index (χ0) is 17.4. The monoisotopic (exact) mass is 325 g/mol. The van der Waals surface area contributed by atoms with Crippen LogP contribution in [-0.4, -0.2) is 26.1 Å². The van der Waals surface area contributed by atoms with Crippen LogP contribution in [0.1, 0.15) is 17.0 Å². The molecular formula is C19H19NO4. The fraction of sp³-hybridized carbons (Fsp3) is 0.158. The first-order chi connectivity index (χ1) is 11.7. The Morgan fingerprint density at radius 1 is 1.00 bits per heavy atom. The van der Waals surface area contributed by atoms with E-state index in [1.807, 2.05) is 54.6 Å². The summed E-state index contributed by atoms with van der Waals surface area (Å²) in [4.78, 5) is 23.8. The molecule has 0 aliphatic heterocycles. The predicted octanol–water partition coefficient (Wildman–Crippen LogP) is 2.63. The number of hydrogen-bond acceptors (Lipinski definition) is 4. The van der Waals surface area contributed by atoms with E-state index in [9.17, 15) is 9.59 Å². The molecule has 0 spiro atoms. The molecule has 5 heteroatoms. The average Bonchev–Trinajstić information content (AvgIpc) is 2.63. The Hall–Kier alpha value is -3.08. The third-order valence-corrected chi connectivity index (χ3v) is 3.49. The van der Waals surface area contributed by atoms with Gasteiger partial charge in [-0.25, -0.2) is 4.79 Å². The number of esters is 1. The van der Waals surface area contributed by atoms with Gasteiger partial charge in [-0.2, -0.15) is 0 Å². The minimum Gasteiger partial charge on any atom is -0.496 e. The Labute approximate surface area is 140 Å². The summed E-state index contributed by atoms with van der Waals surface area (Å²) in [5.74, 6) is -0.752. The highest BCUT2D eigenvalue weighted by Crippen LogP contribution is 2.31. The van der Waals surface area contributed by atoms with Gasteiger partial charge in [0.25, 0.3) is 0 Å². The van der Waals surface area contributed by atoms with E-state index in [1.165, 1.54) is 13.3 Å². The summed E-state index contributed by atoms with van der Waals surface area (Å²) in [5, 5.41) is 2.62. The Balaban J connectivity index is 2.35. The van der Waals surface area contributed by atoms with Crippen molar-refractivity contribution in [3.05, 3.63) is 78.0 Å². The Bertz CT molecular complexity index is 725. The van der Waals surface area contributed by atoms with Gasteiger partial charge < -0.3 is 14.8 Å². The van der Waals surface area contributed by atoms with Crippen LogP contribution in [0.3, 0.4) is 0 Å². The molecule has 5 nitrogen and oxygen atoms in total. The second-order valence-electron chi connectivity index (χ2n) is 4.95. The number of methoxy groups -OCH3 is 2. The molecule has 0 saturated carbocycles. The summed E-state index contributed by atoms with van der Waals surface area (Å²) in [6, 6.07) is 16.7. The van der Waals surface area contributed by atoms with Gasteiger partial charge in [-0.3, -0.25) is 4.79 Å². The van der Waals surface area contributed by atoms with Gasteiger partial charge in [0.15, 0.2) is 0 Å². The molecule has 1 amide bonds. The molecule has 1 N–H and O–H groups in total. The molecule has 0 fully saturated rings. The van der Waals surface area contributed by atoms with E-state index in [-0.39, 0.29) is 5.91 Å². The maximum atomic E-state index is 12.7. The molecule has 24 heavy (non-hydrogen) atoms. The smallest absolute Gasteiger partial charge is 0.331 e. The molecule has 124 valence electrons. The molecule has 0 aliphatic rings. The van der Waals surface area contributed by atoms with Crippen molar-refractivity contribution in [3.8, 4) is 5.75 Å². The molecule has 0 aliphatic carbocycles. The second kappa shape index (κ2) is 8.53. The van der Waals surface area contributed by atoms with Crippen molar-refractivity contribution in [2.75, 3.05) is 14.2 Å². The first-order valence-corrected chi connectivity index (χ1v) is 7.40. The fourth-order valence-corrected chi connectivity index (χ4v) is 2.37. The lowest BCUT2D eigenvalue weighted by Crippen LogP contribution is -2.26. The van der Waals surface area contributed by atoms with Gasteiger partial charge >= 0.3 is 5.97 Å². The minimum atomic E-state index is -0.565. The molecule has 0 bridgehead atoms. The molecule has 1 atom stereocenters. The second-order valence-corrected chi connectivity index (χ2v) is 4.95. The molecule has 0 aromatic heterocycles. The van der Waals surface area contributed by atoms with E-state index in [0.717, 1.165) is 17.2 Å². The molecule has 0 heterocycles. The highest BCUT2D eigenvalue weighted by molar-refractivity contribution is 5.89. The summed E-state index contributed by atoms with van der Waals surface area (Å²) in [6.07, 6.45) is 2.43. The molecular weight excluding hydrogens is 306 g/mol. The summed E-state index contributed by atoms with van der Waals surface area (Å²) >= 11 is 0. The van der Waals surface area contributed by atoms with Crippen molar-refractivity contribution in [2.45, 2.75) is 5.92 Å². The normalized spacial score (nSPS) is 11.8. The van der Waals surface area contributed by atoms with E-state index in [4.69, 9.17) is 4.74 Å². The zero-order valence-electron chi connectivity index (χ0n) is 13.6. The third-order valence-electron chi connectivity index (χ3n) is 3.49. The molecule has 0 radical (unpaired) electrons. The molecule has 2 aromatic rings. The van der Waals surface area contributed by atoms with Crippen molar-refractivity contribution in [1.29, 1.82) is 0 Å². The predicted molar refractivity (Wildman–Crippen MR) is 90.6 cm³/mol. The van der Waals surface area contributed by atoms with Gasteiger partial charge in [0.2, 0.25) is 5.91 Å². The minimum absolute atomic E-state index is 0.272. The molecule has 2 rings (SSSR count). The summed E-state index contributed by atoms with van der Waals surface area (Å²) in [6.45, 7) is 0. The number of amides is 1. The number of hydrogen-bond donors (Lipinski definition) is 1. The summed E-state index contributed by atoms with van der Waals surface area (Å²) < 4.78 is 9.89. The van der Waals surface area contributed by atoms with E-state index in [1.54, 1.807) is 7.11 Å². The Kier molecular flexibility index (Phi) is 6.14. The van der Waals surface area contributed by atoms with Crippen molar-refractivity contribution in [2.24, 2.45) is 0 Å². The lowest BCUT2D eigenvalue weighted by Gasteiger charge is -2.19. The lowest BCUT2D eigenvalue weighted by molar-refractivity contribution is -0.134. The van der Waals surface area contributed by atoms with E-state index < -0.39 is 11.9 Å². The maximum absolute atomic E-state index is 12.7. The van der Waals surface area contributed by atoms with Gasteiger partial charge in [-0.05, 0) is 11.6 Å². The van der Waals surface area contributed by atoms with Crippen LogP contribution in [-0.2, 0) is 14.3 Å². The average molecular weight is 325 g/mol. The molecule has 0 saturated heterocycles. The van der Waals surface area contributed by atoms with Crippen LogP contribution in [0.5, 0.6) is 5.75 Å². The number of rotatable bonds is 6. The van der Waals surface area contributed by atoms with Crippen LogP contribution >= 0.6 is 0 Å². The number of ether oxygens (including phenoxy) is 2. The van der Waals surface area contributed by atoms with Crippen LogP contribution in [0.25, 0.3) is 0 Å². The molecule has 1 unspecified atom stereocenters. The first kappa shape index (κ1) is 17.3. The van der Waals surface area contributed by atoms with E-state index in [2.05, 4.69) is 10.1 Å². The quantitative estimate of drug-likeness (QED) is 0.655. The number of carbonyl (C=O) groups excluding carboxylic acids is 2. The van der Waals surface area contributed by atoms with Gasteiger partial charge in [-0.15, -0.1) is 0 Å². The lowest BCUT2D eigenvalue weighted by atomic mass is 9.90. The van der Waals surface area contributed by atoms with Gasteiger partial charge in [0, 0.05) is 17.8 Å². The number of benzene rings is 2. The van der Waals surface area contributed by atoms with Gasteiger partial charge in [0.05, 0.1) is 20.1 Å². The highest BCUT2D eigenvalue weighted by atomic mass is 16.5. The van der Waals surface area contributed by atoms with Crippen LogP contribution in [0.15, 0.2) is 66.9 Å². The first-order valence-electron chi connectivity index (χ1n) is 7.40. The van der Waals surface area contributed by atoms with E-state index in [0.29, 0.717) is 5.75 Å². The Morgan fingerprint density at radius 3 is 2.33 bits per heavy atom. The van der Waals surface area contributed by atoms with Crippen LogP contribution < -0.4 is 10.1 Å². The topological polar surface area (TPSA) is 64.6 Å². The third kappa shape index (κ3) is 4.23. The zero-order valence-corrected chi connectivity index (χ0v) is 13.6. The number of nitrogens with one attached hydrogen (secondary N) is 1. The standard InChI is InChI=1S/C19H19NO4/c1-23-16-11-7-6-10-15(16)18(14-8-4-3-5-9-14)19(22)20-13-12-17(21)24-2/h3-13,18H,1-2H3,(H,20,22). The maximum Gasteiger partial charge on any atom is 0.331 e. The van der Waals surface area contributed by atoms with E-state index >= 15 is 0 Å². The van der Waals surface area contributed by atoms with Crippen molar-refractivity contribution < 1.29 is 19.1 Å². The SMILES string of the molecule is COC(=O)C=CNC(=O)C(c1ccccc1)c1ccccc1OC. The summed E-state index contributed by atoms with van der Waals surface area (Å²) in [5.41, 5.74) is 1.57. The van der Waals surface area contributed by atoms with Crippen molar-refractivity contribution >= 4 is 11.9 Å². The highest BCUT2D eigenvalue weighted by Gasteiger charge is 2.24. The summed E-state index contributed by atoms with van der Waals surface area (Å²) in [7, 11) is 2.84. The van der Waals surface area contributed by atoms with Crippen LogP contribution in [0, 0.1) is 0 Å². The number of carbonyl (C=O) groups is 2. The van der Waals surface area contributed by atoms with Crippen LogP contribution in [0.4, 0.5) is 0 Å². The number of para-hydroxylation sites is 1. The van der Waals surface area contributed by atoms with Gasteiger partial charge in [-0.1, -0.05) is 48.5 Å². The van der Waals surface area contributed by atoms with Crippen molar-refractivity contribution in [3.63, 3.8) is 0 Å².